The zero-order valence-electron chi connectivity index (χ0n) is 13.5. The molecule has 0 fully saturated rings. The van der Waals surface area contributed by atoms with Crippen LogP contribution in [0.25, 0.3) is 0 Å². The summed E-state index contributed by atoms with van der Waals surface area (Å²) in [7, 11) is 1.28. The number of aryl methyl sites for hydroxylation is 1. The number of carbonyl (C=O) groups is 3. The lowest BCUT2D eigenvalue weighted by Crippen LogP contribution is -2.14. The third kappa shape index (κ3) is 4.74. The Morgan fingerprint density at radius 3 is 2.25 bits per heavy atom. The summed E-state index contributed by atoms with van der Waals surface area (Å²) < 4.78 is 4.57. The lowest BCUT2D eigenvalue weighted by atomic mass is 10.1. The average molecular weight is 326 g/mol. The normalized spacial score (nSPS) is 10.1. The number of ether oxygens (including phenoxy) is 1. The largest absolute Gasteiger partial charge is 0.465 e. The molecular weight excluding hydrogens is 308 g/mol. The maximum Gasteiger partial charge on any atom is 0.339 e. The number of nitrogens with zero attached hydrogens (tertiary/aromatic N) is 1. The second kappa shape index (κ2) is 8.01. The van der Waals surface area contributed by atoms with Crippen LogP contribution in [0.1, 0.15) is 39.1 Å². The number of hydrogen-bond acceptors (Lipinski definition) is 5. The van der Waals surface area contributed by atoms with Gasteiger partial charge in [-0.3, -0.25) is 9.59 Å². The zero-order chi connectivity index (χ0) is 17.5. The molecule has 2 rings (SSSR count). The van der Waals surface area contributed by atoms with Gasteiger partial charge in [-0.05, 0) is 19.1 Å². The van der Waals surface area contributed by atoms with Gasteiger partial charge < -0.3 is 10.1 Å². The first kappa shape index (κ1) is 17.3. The SMILES string of the molecule is COC(=O)c1ccc(NC(=O)CCC(=O)c2ccc(C)cc2)nc1. The standard InChI is InChI=1S/C18H18N2O4/c1-12-3-5-13(6-4-12)15(21)8-10-17(22)20-16-9-7-14(11-19-16)18(23)24-2/h3-7,9,11H,8,10H2,1-2H3,(H,19,20,22). The van der Waals surface area contributed by atoms with E-state index in [-0.39, 0.29) is 24.5 Å². The molecule has 0 aliphatic heterocycles. The van der Waals surface area contributed by atoms with Crippen molar-refractivity contribution in [2.45, 2.75) is 19.8 Å². The Morgan fingerprint density at radius 2 is 1.67 bits per heavy atom. The van der Waals surface area contributed by atoms with Crippen LogP contribution in [-0.4, -0.2) is 29.8 Å². The zero-order valence-corrected chi connectivity index (χ0v) is 13.5. The van der Waals surface area contributed by atoms with E-state index in [1.54, 1.807) is 12.1 Å². The molecule has 1 amide bonds. The predicted octanol–water partition coefficient (Wildman–Crippen LogP) is 2.78. The Balaban J connectivity index is 1.85. The van der Waals surface area contributed by atoms with Crippen LogP contribution in [0.3, 0.4) is 0 Å². The number of nitrogens with one attached hydrogen (secondary N) is 1. The Kier molecular flexibility index (Phi) is 5.78. The Hall–Kier alpha value is -3.02. The monoisotopic (exact) mass is 326 g/mol. The van der Waals surface area contributed by atoms with Gasteiger partial charge in [0.2, 0.25) is 5.91 Å². The van der Waals surface area contributed by atoms with Crippen molar-refractivity contribution in [3.05, 3.63) is 59.3 Å². The van der Waals surface area contributed by atoms with Crippen LogP contribution in [0.15, 0.2) is 42.6 Å². The summed E-state index contributed by atoms with van der Waals surface area (Å²) in [5, 5.41) is 2.59. The van der Waals surface area contributed by atoms with Crippen molar-refractivity contribution in [1.82, 2.24) is 4.98 Å². The molecule has 0 saturated heterocycles. The first-order chi connectivity index (χ1) is 11.5. The number of rotatable bonds is 6. The summed E-state index contributed by atoms with van der Waals surface area (Å²) in [6.07, 6.45) is 1.50. The maximum atomic E-state index is 12.0. The van der Waals surface area contributed by atoms with E-state index in [2.05, 4.69) is 15.0 Å². The van der Waals surface area contributed by atoms with E-state index in [1.165, 1.54) is 25.4 Å². The minimum absolute atomic E-state index is 0.0626. The minimum atomic E-state index is -0.496. The number of ketones is 1. The number of pyridine rings is 1. The summed E-state index contributed by atoms with van der Waals surface area (Å²) in [6.45, 7) is 1.94. The van der Waals surface area contributed by atoms with E-state index < -0.39 is 5.97 Å². The molecule has 6 heteroatoms. The van der Waals surface area contributed by atoms with Gasteiger partial charge in [0, 0.05) is 24.6 Å². The molecule has 1 heterocycles. The fourth-order valence-corrected chi connectivity index (χ4v) is 2.02. The van der Waals surface area contributed by atoms with Crippen molar-refractivity contribution in [3.8, 4) is 0 Å². The molecule has 1 aromatic heterocycles. The van der Waals surface area contributed by atoms with E-state index in [0.717, 1.165) is 5.56 Å². The number of Topliss-reactive ketones (excluding diaryl/α,β-unsaturated/α-hetero) is 1. The number of hydrogen-bond donors (Lipinski definition) is 1. The molecule has 0 atom stereocenters. The van der Waals surface area contributed by atoms with Crippen molar-refractivity contribution in [2.75, 3.05) is 12.4 Å². The number of esters is 1. The highest BCUT2D eigenvalue weighted by Crippen LogP contribution is 2.10. The highest BCUT2D eigenvalue weighted by Gasteiger charge is 2.11. The van der Waals surface area contributed by atoms with Crippen LogP contribution in [0.4, 0.5) is 5.82 Å². The van der Waals surface area contributed by atoms with Gasteiger partial charge >= 0.3 is 5.97 Å². The second-order valence-electron chi connectivity index (χ2n) is 5.26. The van der Waals surface area contributed by atoms with E-state index in [0.29, 0.717) is 16.9 Å². The Morgan fingerprint density at radius 1 is 1.00 bits per heavy atom. The molecular formula is C18H18N2O4. The summed E-state index contributed by atoms with van der Waals surface area (Å²) in [5.74, 6) is -0.576. The van der Waals surface area contributed by atoms with Crippen LogP contribution >= 0.6 is 0 Å². The van der Waals surface area contributed by atoms with Gasteiger partial charge in [0.1, 0.15) is 5.82 Å². The third-order valence-corrected chi connectivity index (χ3v) is 3.40. The van der Waals surface area contributed by atoms with Gasteiger partial charge in [-0.2, -0.15) is 0 Å². The predicted molar refractivity (Wildman–Crippen MR) is 88.9 cm³/mol. The number of amides is 1. The van der Waals surface area contributed by atoms with Crippen molar-refractivity contribution < 1.29 is 19.1 Å². The molecule has 0 bridgehead atoms. The fourth-order valence-electron chi connectivity index (χ4n) is 2.02. The smallest absolute Gasteiger partial charge is 0.339 e. The lowest BCUT2D eigenvalue weighted by Gasteiger charge is -2.05. The summed E-state index contributed by atoms with van der Waals surface area (Å²) >= 11 is 0. The molecule has 124 valence electrons. The average Bonchev–Trinajstić information content (AvgIpc) is 2.60. The van der Waals surface area contributed by atoms with Crippen LogP contribution < -0.4 is 5.32 Å². The molecule has 1 aromatic carbocycles. The number of aromatic nitrogens is 1. The van der Waals surface area contributed by atoms with Gasteiger partial charge in [0.15, 0.2) is 5.78 Å². The first-order valence-corrected chi connectivity index (χ1v) is 7.43. The highest BCUT2D eigenvalue weighted by atomic mass is 16.5. The molecule has 0 aliphatic carbocycles. The molecule has 0 spiro atoms. The molecule has 6 nitrogen and oxygen atoms in total. The number of methoxy groups -OCH3 is 1. The molecule has 0 radical (unpaired) electrons. The van der Waals surface area contributed by atoms with Gasteiger partial charge in [-0.15, -0.1) is 0 Å². The third-order valence-electron chi connectivity index (χ3n) is 3.40. The van der Waals surface area contributed by atoms with Crippen molar-refractivity contribution in [1.29, 1.82) is 0 Å². The number of anilines is 1. The molecule has 24 heavy (non-hydrogen) atoms. The van der Waals surface area contributed by atoms with Crippen molar-refractivity contribution >= 4 is 23.5 Å². The van der Waals surface area contributed by atoms with Crippen LogP contribution in [-0.2, 0) is 9.53 Å². The Bertz CT molecular complexity index is 737. The van der Waals surface area contributed by atoms with Crippen LogP contribution in [0.5, 0.6) is 0 Å². The Labute approximate surface area is 139 Å². The van der Waals surface area contributed by atoms with E-state index in [1.807, 2.05) is 19.1 Å². The highest BCUT2D eigenvalue weighted by molar-refractivity contribution is 5.99. The molecule has 2 aromatic rings. The van der Waals surface area contributed by atoms with Crippen LogP contribution in [0.2, 0.25) is 0 Å². The minimum Gasteiger partial charge on any atom is -0.465 e. The molecule has 0 saturated carbocycles. The second-order valence-corrected chi connectivity index (χ2v) is 5.26. The molecule has 0 unspecified atom stereocenters. The molecule has 1 N–H and O–H groups in total. The van der Waals surface area contributed by atoms with E-state index >= 15 is 0 Å². The number of benzene rings is 1. The number of carbonyl (C=O) groups excluding carboxylic acids is 3. The van der Waals surface area contributed by atoms with Crippen LogP contribution in [0, 0.1) is 6.92 Å². The first-order valence-electron chi connectivity index (χ1n) is 7.43. The van der Waals surface area contributed by atoms with E-state index in [4.69, 9.17) is 0 Å². The summed E-state index contributed by atoms with van der Waals surface area (Å²) in [4.78, 5) is 39.2. The fraction of sp³-hybridized carbons (Fsp3) is 0.222. The quantitative estimate of drug-likeness (QED) is 0.651. The van der Waals surface area contributed by atoms with Gasteiger partial charge in [-0.25, -0.2) is 9.78 Å². The van der Waals surface area contributed by atoms with Gasteiger partial charge in [0.05, 0.1) is 12.7 Å². The lowest BCUT2D eigenvalue weighted by molar-refractivity contribution is -0.116. The van der Waals surface area contributed by atoms with Crippen molar-refractivity contribution in [2.24, 2.45) is 0 Å². The topological polar surface area (TPSA) is 85.4 Å². The maximum absolute atomic E-state index is 12.0. The van der Waals surface area contributed by atoms with Crippen molar-refractivity contribution in [3.63, 3.8) is 0 Å². The molecule has 0 aliphatic rings. The summed E-state index contributed by atoms with van der Waals surface area (Å²) in [6, 6.07) is 10.2. The summed E-state index contributed by atoms with van der Waals surface area (Å²) in [5.41, 5.74) is 1.96. The van der Waals surface area contributed by atoms with Gasteiger partial charge in [0.25, 0.3) is 0 Å². The van der Waals surface area contributed by atoms with Gasteiger partial charge in [-0.1, -0.05) is 29.8 Å². The van der Waals surface area contributed by atoms with E-state index in [9.17, 15) is 14.4 Å².